The van der Waals surface area contributed by atoms with E-state index in [2.05, 4.69) is 6.07 Å². The molecule has 0 fully saturated rings. The molecule has 1 aliphatic rings. The van der Waals surface area contributed by atoms with Crippen LogP contribution >= 0.6 is 0 Å². The summed E-state index contributed by atoms with van der Waals surface area (Å²) in [6.07, 6.45) is 0. The molecule has 1 aliphatic carbocycles. The molecular formula is C28H26O4. The van der Waals surface area contributed by atoms with E-state index in [0.29, 0.717) is 11.1 Å². The third-order valence-electron chi connectivity index (χ3n) is 5.76. The molecule has 4 rings (SSSR count). The highest BCUT2D eigenvalue weighted by atomic mass is 16.6. The van der Waals surface area contributed by atoms with Crippen molar-refractivity contribution in [3.63, 3.8) is 0 Å². The van der Waals surface area contributed by atoms with Gasteiger partial charge in [0.05, 0.1) is 13.2 Å². The first kappa shape index (κ1) is 21.6. The third-order valence-corrected chi connectivity index (χ3v) is 5.76. The monoisotopic (exact) mass is 426 g/mol. The summed E-state index contributed by atoms with van der Waals surface area (Å²) in [6, 6.07) is 25.2. The summed E-state index contributed by atoms with van der Waals surface area (Å²) in [5.74, 6) is -1.24. The second-order valence-electron chi connectivity index (χ2n) is 7.72. The number of fused-ring (bicyclic) bond motifs is 1. The van der Waals surface area contributed by atoms with Crippen molar-refractivity contribution in [2.75, 3.05) is 13.2 Å². The van der Waals surface area contributed by atoms with Crippen LogP contribution in [0.15, 0.2) is 78.9 Å². The van der Waals surface area contributed by atoms with Crippen LogP contribution in [0.4, 0.5) is 0 Å². The zero-order chi connectivity index (χ0) is 22.7. The normalized spacial score (nSPS) is 14.1. The van der Waals surface area contributed by atoms with Gasteiger partial charge in [-0.2, -0.15) is 0 Å². The molecule has 162 valence electrons. The molecule has 0 aromatic heterocycles. The molecule has 0 N–H and O–H groups in total. The van der Waals surface area contributed by atoms with Crippen molar-refractivity contribution in [3.05, 3.63) is 107 Å². The fraction of sp³-hybridized carbons (Fsp3) is 0.214. The fourth-order valence-electron chi connectivity index (χ4n) is 4.54. The smallest absolute Gasteiger partial charge is 0.332 e. The van der Waals surface area contributed by atoms with Gasteiger partial charge < -0.3 is 9.47 Å². The second-order valence-corrected chi connectivity index (χ2v) is 7.72. The van der Waals surface area contributed by atoms with Crippen LogP contribution in [-0.2, 0) is 24.5 Å². The van der Waals surface area contributed by atoms with Crippen LogP contribution in [0, 0.1) is 6.92 Å². The maximum Gasteiger partial charge on any atom is 0.332 e. The molecule has 0 aliphatic heterocycles. The lowest BCUT2D eigenvalue weighted by atomic mass is 9.74. The summed E-state index contributed by atoms with van der Waals surface area (Å²) >= 11 is 0. The lowest BCUT2D eigenvalue weighted by Gasteiger charge is -2.29. The molecular weight excluding hydrogens is 400 g/mol. The van der Waals surface area contributed by atoms with Crippen molar-refractivity contribution in [2.45, 2.75) is 26.2 Å². The molecule has 0 bridgehead atoms. The van der Waals surface area contributed by atoms with Crippen LogP contribution in [0.3, 0.4) is 0 Å². The fourth-order valence-corrected chi connectivity index (χ4v) is 4.54. The zero-order valence-corrected chi connectivity index (χ0v) is 18.6. The van der Waals surface area contributed by atoms with E-state index >= 15 is 0 Å². The van der Waals surface area contributed by atoms with Gasteiger partial charge in [-0.25, -0.2) is 0 Å². The van der Waals surface area contributed by atoms with Gasteiger partial charge in [0, 0.05) is 5.57 Å². The van der Waals surface area contributed by atoms with E-state index in [1.54, 1.807) is 13.8 Å². The highest BCUT2D eigenvalue weighted by Crippen LogP contribution is 2.54. The van der Waals surface area contributed by atoms with Gasteiger partial charge >= 0.3 is 11.9 Å². The number of hydrogen-bond donors (Lipinski definition) is 0. The summed E-state index contributed by atoms with van der Waals surface area (Å²) in [4.78, 5) is 27.4. The Morgan fingerprint density at radius 2 is 1.34 bits per heavy atom. The number of hydrogen-bond acceptors (Lipinski definition) is 4. The summed E-state index contributed by atoms with van der Waals surface area (Å²) < 4.78 is 11.1. The van der Waals surface area contributed by atoms with Gasteiger partial charge in [-0.05, 0) is 48.6 Å². The van der Waals surface area contributed by atoms with Crippen LogP contribution in [0.1, 0.15) is 41.7 Å². The third kappa shape index (κ3) is 3.32. The average molecular weight is 427 g/mol. The van der Waals surface area contributed by atoms with E-state index in [1.165, 1.54) is 0 Å². The highest BCUT2D eigenvalue weighted by Gasteiger charge is 2.59. The molecule has 0 saturated carbocycles. The number of aryl methyl sites for hydroxylation is 1. The molecule has 4 heteroatoms. The first-order valence-corrected chi connectivity index (χ1v) is 10.9. The van der Waals surface area contributed by atoms with Gasteiger partial charge in [-0.15, -0.1) is 0 Å². The van der Waals surface area contributed by atoms with E-state index in [4.69, 9.17) is 9.47 Å². The molecule has 3 aromatic rings. The lowest BCUT2D eigenvalue weighted by molar-refractivity contribution is -0.161. The maximum atomic E-state index is 13.7. The van der Waals surface area contributed by atoms with Crippen molar-refractivity contribution in [3.8, 4) is 0 Å². The number of esters is 2. The van der Waals surface area contributed by atoms with Crippen molar-refractivity contribution in [2.24, 2.45) is 0 Å². The number of benzene rings is 3. The van der Waals surface area contributed by atoms with Crippen LogP contribution in [0.25, 0.3) is 11.1 Å². The topological polar surface area (TPSA) is 52.6 Å². The largest absolute Gasteiger partial charge is 0.465 e. The number of carbonyl (C=O) groups excluding carboxylic acids is 2. The van der Waals surface area contributed by atoms with Crippen LogP contribution in [-0.4, -0.2) is 25.2 Å². The molecule has 0 atom stereocenters. The molecule has 0 spiro atoms. The molecule has 3 aromatic carbocycles. The Bertz CT molecular complexity index is 1170. The molecule has 0 saturated heterocycles. The molecule has 4 nitrogen and oxygen atoms in total. The summed E-state index contributed by atoms with van der Waals surface area (Å²) in [5.41, 5.74) is 3.96. The van der Waals surface area contributed by atoms with Gasteiger partial charge in [-0.1, -0.05) is 84.4 Å². The Hall–Kier alpha value is -3.66. The second kappa shape index (κ2) is 8.83. The van der Waals surface area contributed by atoms with Gasteiger partial charge in [0.2, 0.25) is 5.41 Å². The maximum absolute atomic E-state index is 13.7. The predicted octanol–water partition coefficient (Wildman–Crippen LogP) is 5.33. The van der Waals surface area contributed by atoms with Gasteiger partial charge in [0.1, 0.15) is 0 Å². The van der Waals surface area contributed by atoms with E-state index in [9.17, 15) is 9.59 Å². The Morgan fingerprint density at radius 3 is 1.97 bits per heavy atom. The van der Waals surface area contributed by atoms with E-state index in [1.807, 2.05) is 79.7 Å². The Kier molecular flexibility index (Phi) is 5.95. The minimum absolute atomic E-state index is 0.157. The minimum Gasteiger partial charge on any atom is -0.465 e. The Balaban J connectivity index is 2.18. The summed E-state index contributed by atoms with van der Waals surface area (Å²) in [7, 11) is 0. The average Bonchev–Trinajstić information content (AvgIpc) is 3.12. The predicted molar refractivity (Wildman–Crippen MR) is 125 cm³/mol. The zero-order valence-electron chi connectivity index (χ0n) is 18.6. The number of carbonyl (C=O) groups is 2. The van der Waals surface area contributed by atoms with Crippen LogP contribution < -0.4 is 0 Å². The summed E-state index contributed by atoms with van der Waals surface area (Å²) in [5, 5.41) is 0. The standard InChI is InChI=1S/C28H26O4/c1-4-31-26(29)28(27(30)32-5-2)23-17-10-9-16-22(23)24(21-15-11-12-19(3)18-21)25(28)20-13-7-6-8-14-20/h6-18H,4-5H2,1-3H3. The molecule has 0 heterocycles. The van der Waals surface area contributed by atoms with Crippen molar-refractivity contribution >= 4 is 23.1 Å². The van der Waals surface area contributed by atoms with Crippen molar-refractivity contribution < 1.29 is 19.1 Å². The van der Waals surface area contributed by atoms with Crippen LogP contribution in [0.2, 0.25) is 0 Å². The molecule has 0 unspecified atom stereocenters. The van der Waals surface area contributed by atoms with Gasteiger partial charge in [-0.3, -0.25) is 9.59 Å². The minimum atomic E-state index is -1.71. The number of rotatable bonds is 6. The van der Waals surface area contributed by atoms with E-state index < -0.39 is 17.4 Å². The Labute approximate surface area is 188 Å². The number of ether oxygens (including phenoxy) is 2. The summed E-state index contributed by atoms with van der Waals surface area (Å²) in [6.45, 7) is 5.82. The van der Waals surface area contributed by atoms with E-state index in [0.717, 1.165) is 27.8 Å². The van der Waals surface area contributed by atoms with Gasteiger partial charge in [0.15, 0.2) is 0 Å². The first-order chi connectivity index (χ1) is 15.6. The Morgan fingerprint density at radius 1 is 0.750 bits per heavy atom. The van der Waals surface area contributed by atoms with Crippen LogP contribution in [0.5, 0.6) is 0 Å². The molecule has 0 radical (unpaired) electrons. The highest BCUT2D eigenvalue weighted by molar-refractivity contribution is 6.27. The molecule has 0 amide bonds. The SMILES string of the molecule is CCOC(=O)C1(C(=O)OCC)C(c2ccccc2)=C(c2cccc(C)c2)c2ccccc21. The lowest BCUT2D eigenvalue weighted by Crippen LogP contribution is -2.46. The quantitative estimate of drug-likeness (QED) is 0.395. The first-order valence-electron chi connectivity index (χ1n) is 10.9. The van der Waals surface area contributed by atoms with Crippen molar-refractivity contribution in [1.82, 2.24) is 0 Å². The molecule has 32 heavy (non-hydrogen) atoms. The van der Waals surface area contributed by atoms with Gasteiger partial charge in [0.25, 0.3) is 0 Å². The van der Waals surface area contributed by atoms with Crippen molar-refractivity contribution in [1.29, 1.82) is 0 Å². The van der Waals surface area contributed by atoms with E-state index in [-0.39, 0.29) is 13.2 Å².